The van der Waals surface area contributed by atoms with E-state index in [0.29, 0.717) is 158 Å². The minimum absolute atomic E-state index is 0.0744. The Morgan fingerprint density at radius 3 is 1.02 bits per heavy atom. The number of nitrogen functional groups attached to an aromatic ring is 5. The van der Waals surface area contributed by atoms with Crippen LogP contribution in [-0.2, 0) is 7.05 Å². The summed E-state index contributed by atoms with van der Waals surface area (Å²) in [6.45, 7) is 24.6. The third kappa shape index (κ3) is 16.8. The monoisotopic (exact) mass is 1940 g/mol. The smallest absolute Gasteiger partial charge is 0.165 e. The molecule has 5 aliphatic rings. The van der Waals surface area contributed by atoms with Crippen LogP contribution in [0.25, 0.3) is 168 Å². The molecule has 5 aliphatic carbocycles. The van der Waals surface area contributed by atoms with Gasteiger partial charge in [-0.1, -0.05) is 66.7 Å². The first-order chi connectivity index (χ1) is 67.7. The van der Waals surface area contributed by atoms with Crippen LogP contribution >= 0.6 is 34.8 Å². The first-order valence-electron chi connectivity index (χ1n) is 46.8. The van der Waals surface area contributed by atoms with Gasteiger partial charge in [-0.25, -0.2) is 39.9 Å². The highest BCUT2D eigenvalue weighted by atomic mass is 35.5. The molecular weight excluding hydrogens is 1840 g/mol. The van der Waals surface area contributed by atoms with E-state index in [2.05, 4.69) is 113 Å². The second-order valence-electron chi connectivity index (χ2n) is 37.5. The van der Waals surface area contributed by atoms with Crippen molar-refractivity contribution in [2.24, 2.45) is 7.05 Å². The highest BCUT2D eigenvalue weighted by Gasteiger charge is 2.42. The molecule has 0 radical (unpaired) electrons. The van der Waals surface area contributed by atoms with Gasteiger partial charge in [-0.3, -0.25) is 43.3 Å². The normalized spacial score (nSPS) is 14.3. The fourth-order valence-electron chi connectivity index (χ4n) is 17.8. The van der Waals surface area contributed by atoms with Gasteiger partial charge in [0.2, 0.25) is 0 Å². The molecule has 5 fully saturated rings. The van der Waals surface area contributed by atoms with Crippen molar-refractivity contribution in [2.45, 2.75) is 207 Å². The molecule has 0 amide bonds. The van der Waals surface area contributed by atoms with Gasteiger partial charge in [0.15, 0.2) is 11.6 Å². The molecule has 20 aromatic heterocycles. The van der Waals surface area contributed by atoms with Crippen LogP contribution in [0.1, 0.15) is 233 Å². The molecule has 38 nitrogen and oxygen atoms in total. The highest BCUT2D eigenvalue weighted by Crippen LogP contribution is 2.55. The first kappa shape index (κ1) is 91.1. The molecule has 712 valence electrons. The number of rotatable bonds is 20. The van der Waals surface area contributed by atoms with Gasteiger partial charge in [-0.2, -0.15) is 25.5 Å². The van der Waals surface area contributed by atoms with Crippen LogP contribution in [0.15, 0.2) is 152 Å². The van der Waals surface area contributed by atoms with Crippen molar-refractivity contribution < 1.29 is 22.6 Å². The number of halogens is 3. The van der Waals surface area contributed by atoms with Crippen LogP contribution in [0.2, 0.25) is 15.1 Å². The summed E-state index contributed by atoms with van der Waals surface area (Å²) >= 11 is 19.4. The largest absolute Gasteiger partial charge is 0.383 e. The van der Waals surface area contributed by atoms with Crippen LogP contribution in [0.4, 0.5) is 29.1 Å². The van der Waals surface area contributed by atoms with Gasteiger partial charge in [0.05, 0.1) is 151 Å². The number of aromatic nitrogens is 28. The number of nitrogens with zero attached hydrogens (tertiary/aromatic N) is 28. The summed E-state index contributed by atoms with van der Waals surface area (Å²) in [5, 5.41) is 51.3. The number of hydrogen-bond donors (Lipinski definition) is 5. The zero-order valence-electron chi connectivity index (χ0n) is 79.1. The Morgan fingerprint density at radius 1 is 0.314 bits per heavy atom. The average Bonchev–Trinajstić information content (AvgIpc) is 1.60. The zero-order chi connectivity index (χ0) is 97.2. The van der Waals surface area contributed by atoms with Gasteiger partial charge in [0, 0.05) is 123 Å². The quantitative estimate of drug-likeness (QED) is 0.0473. The van der Waals surface area contributed by atoms with Crippen LogP contribution in [0.5, 0.6) is 0 Å². The van der Waals surface area contributed by atoms with Gasteiger partial charge < -0.3 is 55.9 Å². The molecule has 0 bridgehead atoms. The molecule has 0 aromatic carbocycles. The number of anilines is 5. The fourth-order valence-corrected chi connectivity index (χ4v) is 18.5. The molecule has 20 heterocycles. The van der Waals surface area contributed by atoms with Crippen LogP contribution in [0, 0.1) is 13.8 Å². The summed E-state index contributed by atoms with van der Waals surface area (Å²) in [4.78, 5) is 52.6. The number of hydrogen-bond acceptors (Lipinski definition) is 32. The summed E-state index contributed by atoms with van der Waals surface area (Å²) < 4.78 is 40.3. The van der Waals surface area contributed by atoms with E-state index in [-0.39, 0.29) is 30.2 Å². The molecule has 0 aliphatic heterocycles. The molecule has 0 saturated heterocycles. The van der Waals surface area contributed by atoms with Crippen molar-refractivity contribution in [1.82, 2.24) is 139 Å². The zero-order valence-corrected chi connectivity index (χ0v) is 81.3. The van der Waals surface area contributed by atoms with E-state index < -0.39 is 0 Å². The lowest BCUT2D eigenvalue weighted by atomic mass is 10.0. The molecule has 0 unspecified atom stereocenters. The van der Waals surface area contributed by atoms with Gasteiger partial charge >= 0.3 is 0 Å². The number of fused-ring (bicyclic) bond motifs is 5. The predicted octanol–water partition coefficient (Wildman–Crippen LogP) is 21.6. The Morgan fingerprint density at radius 2 is 0.664 bits per heavy atom. The van der Waals surface area contributed by atoms with Crippen molar-refractivity contribution in [3.05, 3.63) is 184 Å². The molecule has 0 spiro atoms. The van der Waals surface area contributed by atoms with E-state index in [1.54, 1.807) is 80.6 Å². The minimum Gasteiger partial charge on any atom is -0.383 e. The molecule has 140 heavy (non-hydrogen) atoms. The average molecular weight is 1940 g/mol. The Hall–Kier alpha value is -15.3. The maximum atomic E-state index is 6.49. The predicted molar refractivity (Wildman–Crippen MR) is 534 cm³/mol. The summed E-state index contributed by atoms with van der Waals surface area (Å²) in [5.41, 5.74) is 51.3. The number of imidazole rings is 1. The summed E-state index contributed by atoms with van der Waals surface area (Å²) in [7, 11) is 1.95. The Balaban J connectivity index is 0.000000104. The topological polar surface area (TPSA) is 509 Å². The minimum atomic E-state index is 0.0744. The van der Waals surface area contributed by atoms with Crippen molar-refractivity contribution >= 4 is 118 Å². The van der Waals surface area contributed by atoms with Gasteiger partial charge in [0.25, 0.3) is 0 Å². The van der Waals surface area contributed by atoms with E-state index >= 15 is 0 Å². The highest BCUT2D eigenvalue weighted by molar-refractivity contribution is 6.37. The molecule has 0 atom stereocenters. The van der Waals surface area contributed by atoms with E-state index in [0.717, 1.165) is 187 Å². The summed E-state index contributed by atoms with van der Waals surface area (Å²) in [6.07, 6.45) is 34.8. The van der Waals surface area contributed by atoms with Gasteiger partial charge in [-0.15, -0.1) is 0 Å². The SMILES string of the molecule is CC(C)n1nc(-c2noc(C3CC3)c2-c2cn(C)cn2)c2c(N)nccc21.CC(C)n1nc(-c2noc(C3CC3)c2-c2cnccn2)c2c(N)ncc(Cl)c21.CC(C)n1nc(-c2noc(C3CC3)c2-c2ncccn2)c2c(N)nccc21.Cc1ccc(-c2c(-c3nn(C(C)C)c4c(Cl)cnc(N)c34)noc2C2CC2)nc1.Cc1ccnc(-c2c(-c3nn(C(C)C)c4c(Cl)cnc(N)c34)noc2C2CC2)c1. The van der Waals surface area contributed by atoms with Crippen LogP contribution < -0.4 is 28.7 Å². The van der Waals surface area contributed by atoms with Crippen molar-refractivity contribution in [3.63, 3.8) is 0 Å². The number of aryl methyl sites for hydroxylation is 3. The number of pyridine rings is 7. The molecule has 5 saturated carbocycles. The van der Waals surface area contributed by atoms with E-state index in [1.165, 1.54) is 0 Å². The van der Waals surface area contributed by atoms with Gasteiger partial charge in [0.1, 0.15) is 109 Å². The lowest BCUT2D eigenvalue weighted by Gasteiger charge is -2.07. The Bertz CT molecular complexity index is 8090. The van der Waals surface area contributed by atoms with E-state index in [1.807, 2.05) is 139 Å². The Kier molecular flexibility index (Phi) is 23.8. The second kappa shape index (κ2) is 36.6. The lowest BCUT2D eigenvalue weighted by Crippen LogP contribution is -2.03. The Labute approximate surface area is 815 Å². The molecular formula is C99H100Cl3N33O5. The first-order valence-corrected chi connectivity index (χ1v) is 47.9. The maximum Gasteiger partial charge on any atom is 0.165 e. The standard InChI is InChI=1S/2C21H21ClN6O.C19H18ClN7O.C19H21N7O.C19H19N7O/c1-10(2)28-19-13(22)9-25-21(23)16(19)17(26-28)18-15(14-7-4-11(3)8-24-14)20(29-27-18)12-5-6-12;1-10(2)28-19-13(22)9-25-21(23)16(19)17(26-28)18-15(14-8-11(3)6-7-24-14)20(29-27-18)12-4-5-12;1-9(2)27-17-11(20)7-24-19(21)14(17)15(25-27)16-13(12-8-22-5-6-23-12)18(28-26-16)10-3-4-10;1-10(2)26-13-6-7-21-19(20)15(13)16(23-26)17-14(12-8-25(3)9-22-12)18(27-24-17)11-4-5-11;1-10(2)26-12-6-9-21-18(20)13(12)15(24-26)16-14(19-22-7-3-8-23-19)17(27-25-16)11-4-5-11/h4,7-10,12H,5-6H2,1-3H3,(H2,23,25);6-10,12H,4-5H2,1-3H3,(H2,23,25);5-10H,3-4H2,1-2H3,(H2,21,24);6-11H,4-5H2,1-3H3,(H2,20,21);3,6-11H,4-5H2,1-2H3,(H2,20,21). The van der Waals surface area contributed by atoms with Crippen LogP contribution in [-0.4, -0.2) is 139 Å². The van der Waals surface area contributed by atoms with Crippen molar-refractivity contribution in [3.8, 4) is 113 Å². The summed E-state index contributed by atoms with van der Waals surface area (Å²) in [5.74, 6) is 8.62. The van der Waals surface area contributed by atoms with E-state index in [4.69, 9.17) is 112 Å². The third-order valence-corrected chi connectivity index (χ3v) is 26.1. The van der Waals surface area contributed by atoms with Crippen LogP contribution in [0.3, 0.4) is 0 Å². The molecule has 25 rings (SSSR count). The fraction of sp³-hybridized carbons (Fsp3) is 0.333. The number of nitrogens with two attached hydrogens (primary N) is 5. The summed E-state index contributed by atoms with van der Waals surface area (Å²) in [6, 6.07) is 14.3. The van der Waals surface area contributed by atoms with E-state index in [9.17, 15) is 0 Å². The molecule has 41 heteroatoms. The second-order valence-corrected chi connectivity index (χ2v) is 38.7. The van der Waals surface area contributed by atoms with Crippen molar-refractivity contribution in [2.75, 3.05) is 28.7 Å². The molecule has 10 N–H and O–H groups in total. The lowest BCUT2D eigenvalue weighted by molar-refractivity contribution is 0.386. The van der Waals surface area contributed by atoms with Crippen molar-refractivity contribution in [1.29, 1.82) is 0 Å². The third-order valence-electron chi connectivity index (χ3n) is 25.2. The van der Waals surface area contributed by atoms with Gasteiger partial charge in [-0.05, 0) is 195 Å². The molecule has 20 aromatic rings. The maximum absolute atomic E-state index is 6.49.